The zero-order valence-electron chi connectivity index (χ0n) is 15.7. The van der Waals surface area contributed by atoms with Crippen LogP contribution >= 0.6 is 0 Å². The number of aromatic nitrogens is 2. The Hall–Kier alpha value is -2.88. The van der Waals surface area contributed by atoms with E-state index in [-0.39, 0.29) is 11.3 Å². The van der Waals surface area contributed by atoms with Crippen LogP contribution in [0.15, 0.2) is 67.0 Å². The first-order valence-electron chi connectivity index (χ1n) is 9.62. The van der Waals surface area contributed by atoms with Crippen molar-refractivity contribution in [2.24, 2.45) is 0 Å². The molecule has 0 aliphatic heterocycles. The topological polar surface area (TPSA) is 46.9 Å². The monoisotopic (exact) mass is 359 g/mol. The second kappa shape index (κ2) is 7.39. The summed E-state index contributed by atoms with van der Waals surface area (Å²) in [6, 6.07) is 18.5. The second-order valence-corrected chi connectivity index (χ2v) is 7.35. The summed E-state index contributed by atoms with van der Waals surface area (Å²) in [6.45, 7) is 2.54. The van der Waals surface area contributed by atoms with Gasteiger partial charge in [0.2, 0.25) is 5.91 Å². The molecule has 4 rings (SSSR count). The van der Waals surface area contributed by atoms with Gasteiger partial charge in [0.1, 0.15) is 5.82 Å². The number of nitrogens with one attached hydrogen (secondary N) is 1. The van der Waals surface area contributed by atoms with E-state index in [0.29, 0.717) is 6.54 Å². The van der Waals surface area contributed by atoms with Crippen LogP contribution in [0, 0.1) is 6.92 Å². The predicted molar refractivity (Wildman–Crippen MR) is 107 cm³/mol. The van der Waals surface area contributed by atoms with Crippen LogP contribution in [0.4, 0.5) is 0 Å². The summed E-state index contributed by atoms with van der Waals surface area (Å²) in [6.07, 6.45) is 7.84. The van der Waals surface area contributed by atoms with Gasteiger partial charge < -0.3 is 9.88 Å². The fraction of sp³-hybridized carbons (Fsp3) is 0.304. The molecule has 3 aromatic rings. The van der Waals surface area contributed by atoms with E-state index in [9.17, 15) is 4.79 Å². The largest absolute Gasteiger partial charge is 0.351 e. The number of nitrogens with zero attached hydrogens (tertiary/aromatic N) is 2. The molecule has 0 radical (unpaired) electrons. The van der Waals surface area contributed by atoms with Gasteiger partial charge in [-0.25, -0.2) is 4.98 Å². The number of amides is 1. The average molecular weight is 359 g/mol. The van der Waals surface area contributed by atoms with Gasteiger partial charge in [0.25, 0.3) is 0 Å². The molecule has 1 aliphatic rings. The van der Waals surface area contributed by atoms with Crippen molar-refractivity contribution in [3.63, 3.8) is 0 Å². The molecule has 138 valence electrons. The van der Waals surface area contributed by atoms with Crippen LogP contribution in [0.2, 0.25) is 0 Å². The number of hydrogen-bond donors (Lipinski definition) is 1. The number of rotatable bonds is 5. The highest BCUT2D eigenvalue weighted by molar-refractivity contribution is 5.88. The van der Waals surface area contributed by atoms with Crippen molar-refractivity contribution in [1.29, 1.82) is 0 Å². The third-order valence-corrected chi connectivity index (χ3v) is 5.71. The molecule has 0 unspecified atom stereocenters. The Kier molecular flexibility index (Phi) is 4.80. The lowest BCUT2D eigenvalue weighted by Gasteiger charge is -2.28. The van der Waals surface area contributed by atoms with Crippen molar-refractivity contribution in [2.75, 3.05) is 0 Å². The quantitative estimate of drug-likeness (QED) is 0.738. The van der Waals surface area contributed by atoms with E-state index in [4.69, 9.17) is 0 Å². The van der Waals surface area contributed by atoms with Gasteiger partial charge in [0.05, 0.1) is 5.41 Å². The molecule has 1 fully saturated rings. The van der Waals surface area contributed by atoms with Gasteiger partial charge >= 0.3 is 0 Å². The van der Waals surface area contributed by atoms with E-state index in [2.05, 4.69) is 46.7 Å². The van der Waals surface area contributed by atoms with Gasteiger partial charge in [-0.05, 0) is 43.0 Å². The van der Waals surface area contributed by atoms with Crippen LogP contribution < -0.4 is 5.32 Å². The van der Waals surface area contributed by atoms with Crippen LogP contribution in [-0.4, -0.2) is 15.5 Å². The first-order valence-corrected chi connectivity index (χ1v) is 9.62. The van der Waals surface area contributed by atoms with E-state index in [1.807, 2.05) is 35.9 Å². The van der Waals surface area contributed by atoms with Gasteiger partial charge in [-0.2, -0.15) is 0 Å². The summed E-state index contributed by atoms with van der Waals surface area (Å²) < 4.78 is 2.05. The van der Waals surface area contributed by atoms with E-state index >= 15 is 0 Å². The molecule has 0 atom stereocenters. The van der Waals surface area contributed by atoms with Gasteiger partial charge in [-0.15, -0.1) is 0 Å². The Morgan fingerprint density at radius 3 is 2.41 bits per heavy atom. The molecule has 1 aromatic heterocycles. The van der Waals surface area contributed by atoms with Crippen molar-refractivity contribution >= 4 is 5.91 Å². The standard InChI is InChI=1S/C23H25N3O/c1-18-24-15-16-26(18)21-11-9-19(10-12-21)17-25-22(27)23(13-5-6-14-23)20-7-3-2-4-8-20/h2-4,7-12,15-16H,5-6,13-14,17H2,1H3,(H,25,27). The summed E-state index contributed by atoms with van der Waals surface area (Å²) in [5.41, 5.74) is 2.96. The molecular formula is C23H25N3O. The lowest BCUT2D eigenvalue weighted by molar-refractivity contribution is -0.126. The second-order valence-electron chi connectivity index (χ2n) is 7.35. The number of benzene rings is 2. The van der Waals surface area contributed by atoms with E-state index in [1.54, 1.807) is 6.20 Å². The Morgan fingerprint density at radius 2 is 1.78 bits per heavy atom. The van der Waals surface area contributed by atoms with Crippen molar-refractivity contribution in [1.82, 2.24) is 14.9 Å². The lowest BCUT2D eigenvalue weighted by Crippen LogP contribution is -2.42. The number of carbonyl (C=O) groups is 1. The van der Waals surface area contributed by atoms with Gasteiger partial charge in [-0.1, -0.05) is 55.3 Å². The minimum absolute atomic E-state index is 0.153. The van der Waals surface area contributed by atoms with Crippen LogP contribution in [-0.2, 0) is 16.8 Å². The molecule has 1 saturated carbocycles. The van der Waals surface area contributed by atoms with E-state index in [0.717, 1.165) is 48.3 Å². The average Bonchev–Trinajstić information content (AvgIpc) is 3.37. The Morgan fingerprint density at radius 1 is 1.07 bits per heavy atom. The number of imidazole rings is 1. The summed E-state index contributed by atoms with van der Waals surface area (Å²) in [4.78, 5) is 17.4. The third-order valence-electron chi connectivity index (χ3n) is 5.71. The first kappa shape index (κ1) is 17.5. The summed E-state index contributed by atoms with van der Waals surface area (Å²) in [7, 11) is 0. The molecule has 1 heterocycles. The molecular weight excluding hydrogens is 334 g/mol. The summed E-state index contributed by atoms with van der Waals surface area (Å²) in [5, 5.41) is 3.19. The zero-order valence-corrected chi connectivity index (χ0v) is 15.7. The SMILES string of the molecule is Cc1nccn1-c1ccc(CNC(=O)C2(c3ccccc3)CCCC2)cc1. The minimum Gasteiger partial charge on any atom is -0.351 e. The smallest absolute Gasteiger partial charge is 0.230 e. The molecule has 0 saturated heterocycles. The molecule has 4 nitrogen and oxygen atoms in total. The molecule has 0 spiro atoms. The van der Waals surface area contributed by atoms with Crippen LogP contribution in [0.25, 0.3) is 5.69 Å². The maximum absolute atomic E-state index is 13.1. The molecule has 0 bridgehead atoms. The minimum atomic E-state index is -0.366. The van der Waals surface area contributed by atoms with Gasteiger partial charge in [-0.3, -0.25) is 4.79 Å². The lowest BCUT2D eigenvalue weighted by atomic mass is 9.78. The zero-order chi connectivity index (χ0) is 18.7. The maximum atomic E-state index is 13.1. The van der Waals surface area contributed by atoms with Crippen molar-refractivity contribution in [3.05, 3.63) is 83.9 Å². The highest BCUT2D eigenvalue weighted by atomic mass is 16.2. The van der Waals surface area contributed by atoms with Crippen molar-refractivity contribution in [3.8, 4) is 5.69 Å². The number of aryl methyl sites for hydroxylation is 1. The predicted octanol–water partition coefficient (Wildman–Crippen LogP) is 4.31. The summed E-state index contributed by atoms with van der Waals surface area (Å²) in [5.74, 6) is 1.11. The van der Waals surface area contributed by atoms with Crippen LogP contribution in [0.5, 0.6) is 0 Å². The highest BCUT2D eigenvalue weighted by Crippen LogP contribution is 2.41. The van der Waals surface area contributed by atoms with Crippen LogP contribution in [0.3, 0.4) is 0 Å². The molecule has 1 N–H and O–H groups in total. The molecule has 27 heavy (non-hydrogen) atoms. The first-order chi connectivity index (χ1) is 13.2. The fourth-order valence-electron chi connectivity index (χ4n) is 4.16. The molecule has 1 amide bonds. The van der Waals surface area contributed by atoms with Gasteiger partial charge in [0, 0.05) is 24.6 Å². The molecule has 4 heteroatoms. The normalized spacial score (nSPS) is 15.6. The Balaban J connectivity index is 1.46. The highest BCUT2D eigenvalue weighted by Gasteiger charge is 2.42. The third kappa shape index (κ3) is 3.39. The Bertz CT molecular complexity index is 906. The van der Waals surface area contributed by atoms with Crippen molar-refractivity contribution in [2.45, 2.75) is 44.6 Å². The van der Waals surface area contributed by atoms with Gasteiger partial charge in [0.15, 0.2) is 0 Å². The number of carbonyl (C=O) groups excluding carboxylic acids is 1. The maximum Gasteiger partial charge on any atom is 0.230 e. The van der Waals surface area contributed by atoms with Crippen molar-refractivity contribution < 1.29 is 4.79 Å². The summed E-state index contributed by atoms with van der Waals surface area (Å²) >= 11 is 0. The number of hydrogen-bond acceptors (Lipinski definition) is 2. The Labute approximate surface area is 160 Å². The van der Waals surface area contributed by atoms with E-state index in [1.165, 1.54) is 0 Å². The van der Waals surface area contributed by atoms with E-state index < -0.39 is 0 Å². The van der Waals surface area contributed by atoms with Crippen LogP contribution in [0.1, 0.15) is 42.6 Å². The fourth-order valence-corrected chi connectivity index (χ4v) is 4.16. The molecule has 1 aliphatic carbocycles. The molecule has 2 aromatic carbocycles.